The van der Waals surface area contributed by atoms with Crippen molar-refractivity contribution in [2.75, 3.05) is 13.1 Å². The van der Waals surface area contributed by atoms with E-state index in [1.165, 1.54) is 0 Å². The fourth-order valence-corrected chi connectivity index (χ4v) is 3.38. The van der Waals surface area contributed by atoms with E-state index in [1.807, 2.05) is 6.92 Å². The van der Waals surface area contributed by atoms with Gasteiger partial charge in [0.15, 0.2) is 0 Å². The largest absolute Gasteiger partial charge is 0.315 e. The van der Waals surface area contributed by atoms with Gasteiger partial charge in [0.2, 0.25) is 10.0 Å². The first-order valence-electron chi connectivity index (χ1n) is 7.10. The first-order valence-corrected chi connectivity index (χ1v) is 8.58. The summed E-state index contributed by atoms with van der Waals surface area (Å²) in [5.41, 5.74) is 0. The molecule has 1 aromatic carbocycles. The summed E-state index contributed by atoms with van der Waals surface area (Å²) in [4.78, 5) is 4.30. The SMILES string of the molecule is CCCNC[C@@H](C)NS(=O)(=O)c1ccc2cnccc2c1.Cl.Cl. The summed E-state index contributed by atoms with van der Waals surface area (Å²) in [6.45, 7) is 5.43. The fraction of sp³-hybridized carbons (Fsp3) is 0.400. The van der Waals surface area contributed by atoms with Gasteiger partial charge in [-0.3, -0.25) is 4.98 Å². The zero-order valence-electron chi connectivity index (χ0n) is 13.2. The van der Waals surface area contributed by atoms with Gasteiger partial charge in [-0.2, -0.15) is 0 Å². The molecule has 1 atom stereocenters. The number of halogens is 2. The van der Waals surface area contributed by atoms with Crippen LogP contribution in [-0.2, 0) is 10.0 Å². The minimum Gasteiger partial charge on any atom is -0.315 e. The van der Waals surface area contributed by atoms with Crippen molar-refractivity contribution < 1.29 is 8.42 Å². The summed E-state index contributed by atoms with van der Waals surface area (Å²) in [6, 6.07) is 6.70. The van der Waals surface area contributed by atoms with Crippen molar-refractivity contribution in [3.63, 3.8) is 0 Å². The van der Waals surface area contributed by atoms with E-state index in [2.05, 4.69) is 21.9 Å². The zero-order chi connectivity index (χ0) is 15.3. The molecule has 0 bridgehead atoms. The Labute approximate surface area is 150 Å². The molecule has 0 unspecified atom stereocenters. The molecule has 0 amide bonds. The molecular weight excluding hydrogens is 357 g/mol. The average Bonchev–Trinajstić information content (AvgIpc) is 2.46. The highest BCUT2D eigenvalue weighted by Crippen LogP contribution is 2.18. The summed E-state index contributed by atoms with van der Waals surface area (Å²) in [7, 11) is -3.50. The van der Waals surface area contributed by atoms with E-state index >= 15 is 0 Å². The Morgan fingerprint density at radius 2 is 1.91 bits per heavy atom. The van der Waals surface area contributed by atoms with Crippen LogP contribution in [-0.4, -0.2) is 32.5 Å². The number of fused-ring (bicyclic) bond motifs is 1. The van der Waals surface area contributed by atoms with Gasteiger partial charge in [0.25, 0.3) is 0 Å². The van der Waals surface area contributed by atoms with Crippen LogP contribution in [0.5, 0.6) is 0 Å². The lowest BCUT2D eigenvalue weighted by Crippen LogP contribution is -2.40. The molecule has 0 fully saturated rings. The molecule has 2 rings (SSSR count). The number of hydrogen-bond donors (Lipinski definition) is 2. The normalized spacial score (nSPS) is 12.3. The highest BCUT2D eigenvalue weighted by molar-refractivity contribution is 7.89. The van der Waals surface area contributed by atoms with Crippen LogP contribution in [0.3, 0.4) is 0 Å². The van der Waals surface area contributed by atoms with Crippen LogP contribution < -0.4 is 10.0 Å². The van der Waals surface area contributed by atoms with Crippen LogP contribution in [0.4, 0.5) is 0 Å². The lowest BCUT2D eigenvalue weighted by atomic mass is 10.2. The number of rotatable bonds is 7. The van der Waals surface area contributed by atoms with Crippen molar-refractivity contribution in [2.45, 2.75) is 31.2 Å². The van der Waals surface area contributed by atoms with Crippen LogP contribution >= 0.6 is 24.8 Å². The molecule has 1 heterocycles. The summed E-state index contributed by atoms with van der Waals surface area (Å²) >= 11 is 0. The molecule has 0 radical (unpaired) electrons. The van der Waals surface area contributed by atoms with Crippen molar-refractivity contribution in [3.8, 4) is 0 Å². The lowest BCUT2D eigenvalue weighted by molar-refractivity contribution is 0.536. The van der Waals surface area contributed by atoms with Crippen molar-refractivity contribution in [3.05, 3.63) is 36.7 Å². The molecule has 0 spiro atoms. The van der Waals surface area contributed by atoms with Crippen molar-refractivity contribution in [2.24, 2.45) is 0 Å². The standard InChI is InChI=1S/C15H21N3O2S.2ClH/c1-3-7-16-10-12(2)18-21(19,20)15-5-4-14-11-17-8-6-13(14)9-15;;/h4-6,8-9,11-12,16,18H,3,7,10H2,1-2H3;2*1H/t12-;;/m1../s1. The number of pyridine rings is 1. The predicted molar refractivity (Wildman–Crippen MR) is 99.2 cm³/mol. The molecule has 23 heavy (non-hydrogen) atoms. The van der Waals surface area contributed by atoms with E-state index in [9.17, 15) is 8.42 Å². The molecule has 8 heteroatoms. The molecule has 1 aromatic heterocycles. The number of aromatic nitrogens is 1. The smallest absolute Gasteiger partial charge is 0.240 e. The fourth-order valence-electron chi connectivity index (χ4n) is 2.10. The van der Waals surface area contributed by atoms with Crippen LogP contribution in [0, 0.1) is 0 Å². The summed E-state index contributed by atoms with van der Waals surface area (Å²) in [5.74, 6) is 0. The third-order valence-corrected chi connectivity index (χ3v) is 4.74. The van der Waals surface area contributed by atoms with Crippen molar-refractivity contribution in [1.29, 1.82) is 0 Å². The van der Waals surface area contributed by atoms with Gasteiger partial charge in [0.1, 0.15) is 0 Å². The number of nitrogens with one attached hydrogen (secondary N) is 2. The highest BCUT2D eigenvalue weighted by atomic mass is 35.5. The maximum Gasteiger partial charge on any atom is 0.240 e. The van der Waals surface area contributed by atoms with Crippen LogP contribution in [0.2, 0.25) is 0 Å². The van der Waals surface area contributed by atoms with Gasteiger partial charge >= 0.3 is 0 Å². The van der Waals surface area contributed by atoms with E-state index in [-0.39, 0.29) is 35.8 Å². The van der Waals surface area contributed by atoms with Crippen LogP contribution in [0.15, 0.2) is 41.6 Å². The number of sulfonamides is 1. The second-order valence-corrected chi connectivity index (χ2v) is 6.83. The second-order valence-electron chi connectivity index (χ2n) is 5.11. The molecule has 0 saturated heterocycles. The van der Waals surface area contributed by atoms with Gasteiger partial charge in [-0.1, -0.05) is 13.0 Å². The van der Waals surface area contributed by atoms with E-state index in [4.69, 9.17) is 0 Å². The van der Waals surface area contributed by atoms with E-state index in [0.717, 1.165) is 23.7 Å². The van der Waals surface area contributed by atoms with Gasteiger partial charge in [-0.25, -0.2) is 13.1 Å². The maximum atomic E-state index is 12.4. The van der Waals surface area contributed by atoms with Gasteiger partial charge in [-0.15, -0.1) is 24.8 Å². The molecule has 0 aliphatic rings. The molecule has 2 aromatic rings. The lowest BCUT2D eigenvalue weighted by Gasteiger charge is -2.15. The highest BCUT2D eigenvalue weighted by Gasteiger charge is 2.17. The van der Waals surface area contributed by atoms with E-state index in [1.54, 1.807) is 36.7 Å². The number of nitrogens with zero attached hydrogens (tertiary/aromatic N) is 1. The molecule has 0 aliphatic heterocycles. The predicted octanol–water partition coefficient (Wildman–Crippen LogP) is 2.74. The van der Waals surface area contributed by atoms with Crippen LogP contribution in [0.1, 0.15) is 20.3 Å². The number of benzene rings is 1. The Hall–Kier alpha value is -0.920. The number of hydrogen-bond acceptors (Lipinski definition) is 4. The molecule has 0 saturated carbocycles. The second kappa shape index (κ2) is 10.1. The minimum atomic E-state index is -3.50. The molecule has 2 N–H and O–H groups in total. The maximum absolute atomic E-state index is 12.4. The minimum absolute atomic E-state index is 0. The molecule has 0 aliphatic carbocycles. The molecular formula is C15H23Cl2N3O2S. The van der Waals surface area contributed by atoms with Gasteiger partial charge in [0.05, 0.1) is 4.90 Å². The van der Waals surface area contributed by atoms with E-state index in [0.29, 0.717) is 6.54 Å². The van der Waals surface area contributed by atoms with Crippen LogP contribution in [0.25, 0.3) is 10.8 Å². The average molecular weight is 380 g/mol. The quantitative estimate of drug-likeness (QED) is 0.725. The Morgan fingerprint density at radius 3 is 2.61 bits per heavy atom. The molecule has 130 valence electrons. The summed E-state index contributed by atoms with van der Waals surface area (Å²) in [5, 5.41) is 4.99. The Morgan fingerprint density at radius 1 is 1.17 bits per heavy atom. The van der Waals surface area contributed by atoms with Gasteiger partial charge < -0.3 is 5.32 Å². The van der Waals surface area contributed by atoms with E-state index < -0.39 is 10.0 Å². The summed E-state index contributed by atoms with van der Waals surface area (Å²) < 4.78 is 27.4. The first-order chi connectivity index (χ1) is 10.0. The van der Waals surface area contributed by atoms with Gasteiger partial charge in [0, 0.05) is 30.4 Å². The van der Waals surface area contributed by atoms with Crippen molar-refractivity contribution >= 4 is 45.6 Å². The first kappa shape index (κ1) is 22.1. The Balaban J connectivity index is 0.00000242. The zero-order valence-corrected chi connectivity index (χ0v) is 15.6. The topological polar surface area (TPSA) is 71.1 Å². The Kier molecular flexibility index (Phi) is 9.65. The van der Waals surface area contributed by atoms with Crippen molar-refractivity contribution in [1.82, 2.24) is 15.0 Å². The molecule has 5 nitrogen and oxygen atoms in total. The third kappa shape index (κ3) is 6.24. The monoisotopic (exact) mass is 379 g/mol. The summed E-state index contributed by atoms with van der Waals surface area (Å²) in [6.07, 6.45) is 4.40. The Bertz CT molecular complexity index is 711. The third-order valence-electron chi connectivity index (χ3n) is 3.16. The van der Waals surface area contributed by atoms with Gasteiger partial charge in [-0.05, 0) is 43.5 Å².